The molecule has 0 saturated heterocycles. The molecule has 0 aliphatic rings. The highest BCUT2D eigenvalue weighted by Crippen LogP contribution is 2.37. The number of benzene rings is 6. The van der Waals surface area contributed by atoms with Crippen molar-refractivity contribution in [1.29, 1.82) is 5.26 Å². The maximum atomic E-state index is 14.0. The van der Waals surface area contributed by atoms with Gasteiger partial charge in [-0.2, -0.15) is 18.4 Å². The third kappa shape index (κ3) is 10.7. The predicted octanol–water partition coefficient (Wildman–Crippen LogP) is 9.36. The molecule has 6 aromatic rings. The van der Waals surface area contributed by atoms with E-state index in [0.717, 1.165) is 97.1 Å². The summed E-state index contributed by atoms with van der Waals surface area (Å²) in [5.74, 6) is -11.2. The summed E-state index contributed by atoms with van der Waals surface area (Å²) < 4.78 is 85.0. The Kier molecular flexibility index (Phi) is 13.3. The Morgan fingerprint density at radius 2 is 1.01 bits per heavy atom. The molecule has 0 saturated carbocycles. The number of hydrogen-bond acceptors (Lipinski definition) is 9. The normalized spacial score (nSPS) is 11.1. The van der Waals surface area contributed by atoms with Crippen LogP contribution in [-0.4, -0.2) is 68.4 Å². The first-order chi connectivity index (χ1) is 31.9. The van der Waals surface area contributed by atoms with Gasteiger partial charge in [-0.05, 0) is 101 Å². The predicted molar refractivity (Wildman–Crippen MR) is 225 cm³/mol. The first kappa shape index (κ1) is 47.9. The van der Waals surface area contributed by atoms with Crippen LogP contribution in [0, 0.1) is 11.3 Å². The van der Waals surface area contributed by atoms with Crippen molar-refractivity contribution < 1.29 is 85.1 Å². The third-order valence-corrected chi connectivity index (χ3v) is 9.69. The third-order valence-electron chi connectivity index (χ3n) is 9.69. The maximum absolute atomic E-state index is 14.0. The molecule has 0 fully saturated rings. The molecule has 0 atom stereocenters. The van der Waals surface area contributed by atoms with E-state index in [4.69, 9.17) is 0 Å². The fourth-order valence-electron chi connectivity index (χ4n) is 6.68. The Hall–Kier alpha value is -9.52. The number of amides is 3. The molecule has 3 amide bonds. The van der Waals surface area contributed by atoms with Gasteiger partial charge in [0.15, 0.2) is 5.75 Å². The highest BCUT2D eigenvalue weighted by atomic mass is 19.4. The van der Waals surface area contributed by atoms with Crippen molar-refractivity contribution in [3.8, 4) is 34.1 Å². The number of rotatable bonds is 13. The van der Waals surface area contributed by atoms with Gasteiger partial charge in [-0.15, -0.1) is 13.2 Å². The monoisotopic (exact) mass is 940 g/mol. The number of carbonyl (C=O) groups excluding carboxylic acids is 3. The Bertz CT molecular complexity index is 3160. The average Bonchev–Trinajstić information content (AvgIpc) is 3.27. The zero-order valence-electron chi connectivity index (χ0n) is 33.7. The summed E-state index contributed by atoms with van der Waals surface area (Å²) in [5, 5.41) is 55.5. The van der Waals surface area contributed by atoms with E-state index in [2.05, 4.69) is 20.7 Å². The van der Waals surface area contributed by atoms with Crippen molar-refractivity contribution in [2.45, 2.75) is 12.5 Å². The first-order valence-corrected chi connectivity index (χ1v) is 18.9. The maximum Gasteiger partial charge on any atom is 0.573 e. The van der Waals surface area contributed by atoms with Crippen LogP contribution in [0.2, 0.25) is 0 Å². The molecular formula is C46H26F6N4O12. The van der Waals surface area contributed by atoms with Gasteiger partial charge in [0.25, 0.3) is 17.7 Å². The van der Waals surface area contributed by atoms with Crippen LogP contribution in [0.4, 0.5) is 43.4 Å². The summed E-state index contributed by atoms with van der Waals surface area (Å²) in [6.07, 6.45) is -10.2. The number of ether oxygens (including phenoxy) is 1. The van der Waals surface area contributed by atoms with E-state index in [9.17, 15) is 85.6 Å². The van der Waals surface area contributed by atoms with E-state index in [1.165, 1.54) is 12.1 Å². The molecule has 0 radical (unpaired) electrons. The van der Waals surface area contributed by atoms with Crippen LogP contribution in [0.3, 0.4) is 0 Å². The van der Waals surface area contributed by atoms with Crippen molar-refractivity contribution in [3.63, 3.8) is 0 Å². The quantitative estimate of drug-likeness (QED) is 0.0533. The Labute approximate surface area is 376 Å². The van der Waals surface area contributed by atoms with Gasteiger partial charge in [-0.25, -0.2) is 19.2 Å². The lowest BCUT2D eigenvalue weighted by Gasteiger charge is -2.17. The molecule has 0 bridgehead atoms. The summed E-state index contributed by atoms with van der Waals surface area (Å²) in [4.78, 5) is 89.4. The number of hydrogen-bond donors (Lipinski definition) is 7. The van der Waals surface area contributed by atoms with Gasteiger partial charge in [0.05, 0.1) is 55.8 Å². The van der Waals surface area contributed by atoms with Crippen LogP contribution in [0.5, 0.6) is 5.75 Å². The molecule has 6 rings (SSSR count). The number of carboxylic acid groups (broad SMARTS) is 4. The van der Waals surface area contributed by atoms with E-state index < -0.39 is 105 Å². The molecule has 0 unspecified atom stereocenters. The molecule has 0 aliphatic heterocycles. The zero-order valence-corrected chi connectivity index (χ0v) is 33.7. The number of nitrogens with one attached hydrogen (secondary N) is 3. The van der Waals surface area contributed by atoms with Gasteiger partial charge in [-0.1, -0.05) is 36.4 Å². The van der Waals surface area contributed by atoms with Crippen molar-refractivity contribution in [3.05, 3.63) is 165 Å². The number of halogens is 6. The van der Waals surface area contributed by atoms with Crippen LogP contribution in [-0.2, 0) is 6.18 Å². The van der Waals surface area contributed by atoms with Crippen LogP contribution in [0.1, 0.15) is 83.6 Å². The zero-order chi connectivity index (χ0) is 49.8. The number of carbonyl (C=O) groups is 7. The molecule has 0 aliphatic carbocycles. The minimum Gasteiger partial charge on any atom is -0.478 e. The second-order valence-electron chi connectivity index (χ2n) is 14.0. The molecule has 0 aromatic heterocycles. The van der Waals surface area contributed by atoms with E-state index in [1.807, 2.05) is 0 Å². The molecule has 22 heteroatoms. The van der Waals surface area contributed by atoms with Crippen LogP contribution in [0.25, 0.3) is 22.3 Å². The topological polar surface area (TPSA) is 270 Å². The van der Waals surface area contributed by atoms with Crippen LogP contribution < -0.4 is 20.7 Å². The van der Waals surface area contributed by atoms with E-state index >= 15 is 0 Å². The molecule has 0 spiro atoms. The van der Waals surface area contributed by atoms with Gasteiger partial charge in [0.2, 0.25) is 0 Å². The van der Waals surface area contributed by atoms with Crippen molar-refractivity contribution in [2.75, 3.05) is 16.0 Å². The summed E-state index contributed by atoms with van der Waals surface area (Å²) in [7, 11) is 0. The average molecular weight is 941 g/mol. The Balaban J connectivity index is 1.38. The minimum absolute atomic E-state index is 0.0839. The van der Waals surface area contributed by atoms with Crippen molar-refractivity contribution in [1.82, 2.24) is 0 Å². The summed E-state index contributed by atoms with van der Waals surface area (Å²) in [6.45, 7) is 0. The minimum atomic E-state index is -5.38. The number of nitriles is 1. The van der Waals surface area contributed by atoms with Gasteiger partial charge < -0.3 is 41.1 Å². The standard InChI is InChI=1S/C46H26F6N4O12/c47-45(48,49)25-3-1-4-26(19-25)54-39(58)33-16-21(7-11-30(33)42(62)63)22-9-14-36(68-46(50,51)52)35(18-22)56-40(59)34-17-23(8-12-31(34)43(64)65)28-5-2-6-32(37(28)44(66)67)38(57)55-27-10-13-29(41(60)61)24(15-27)20-53/h1-19H,(H,54,58)(H,55,57)(H,56,59)(H,60,61)(H,62,63)(H,64,65)(H,66,67). The molecule has 68 heavy (non-hydrogen) atoms. The van der Waals surface area contributed by atoms with E-state index in [0.29, 0.717) is 6.07 Å². The molecular weight excluding hydrogens is 915 g/mol. The lowest BCUT2D eigenvalue weighted by Crippen LogP contribution is -2.21. The SMILES string of the molecule is N#Cc1cc(NC(=O)c2cccc(-c3ccc(C(=O)O)c(C(=O)Nc4cc(-c5ccc(C(=O)O)c(C(=O)Nc6cccc(C(F)(F)F)c6)c5)ccc4OC(F)(F)F)c3)c2C(=O)O)ccc1C(=O)O. The van der Waals surface area contributed by atoms with Crippen LogP contribution in [0.15, 0.2) is 115 Å². The number of nitrogens with zero attached hydrogens (tertiary/aromatic N) is 1. The highest BCUT2D eigenvalue weighted by Gasteiger charge is 2.34. The molecule has 16 nitrogen and oxygen atoms in total. The van der Waals surface area contributed by atoms with E-state index in [1.54, 1.807) is 6.07 Å². The Morgan fingerprint density at radius 1 is 0.500 bits per heavy atom. The van der Waals surface area contributed by atoms with Gasteiger partial charge in [0, 0.05) is 11.4 Å². The molecule has 0 heterocycles. The molecule has 344 valence electrons. The summed E-state index contributed by atoms with van der Waals surface area (Å²) in [6, 6.07) is 20.2. The second-order valence-corrected chi connectivity index (χ2v) is 14.0. The second kappa shape index (κ2) is 18.9. The molecule has 7 N–H and O–H groups in total. The van der Waals surface area contributed by atoms with E-state index in [-0.39, 0.29) is 44.8 Å². The lowest BCUT2D eigenvalue weighted by molar-refractivity contribution is -0.274. The summed E-state index contributed by atoms with van der Waals surface area (Å²) in [5.41, 5.74) is -7.69. The van der Waals surface area contributed by atoms with Crippen LogP contribution >= 0.6 is 0 Å². The fraction of sp³-hybridized carbons (Fsp3) is 0.0435. The van der Waals surface area contributed by atoms with Crippen molar-refractivity contribution >= 4 is 58.7 Å². The summed E-state index contributed by atoms with van der Waals surface area (Å²) >= 11 is 0. The number of carboxylic acids is 4. The van der Waals surface area contributed by atoms with Gasteiger partial charge in [-0.3, -0.25) is 14.4 Å². The van der Waals surface area contributed by atoms with Gasteiger partial charge >= 0.3 is 36.4 Å². The van der Waals surface area contributed by atoms with Gasteiger partial charge in [0.1, 0.15) is 6.07 Å². The Morgan fingerprint density at radius 3 is 1.59 bits per heavy atom. The highest BCUT2D eigenvalue weighted by molar-refractivity contribution is 6.15. The first-order valence-electron chi connectivity index (χ1n) is 18.9. The smallest absolute Gasteiger partial charge is 0.478 e. The van der Waals surface area contributed by atoms with Crippen molar-refractivity contribution in [2.24, 2.45) is 0 Å². The fourth-order valence-corrected chi connectivity index (χ4v) is 6.68. The number of alkyl halides is 6. The molecule has 6 aromatic carbocycles. The largest absolute Gasteiger partial charge is 0.573 e. The number of anilines is 3. The number of aromatic carboxylic acids is 4. The lowest BCUT2D eigenvalue weighted by atomic mass is 9.92.